The summed E-state index contributed by atoms with van der Waals surface area (Å²) in [5.41, 5.74) is 21.1. The highest BCUT2D eigenvalue weighted by Gasteiger charge is 2.31. The highest BCUT2D eigenvalue weighted by atomic mass is 15.0. The summed E-state index contributed by atoms with van der Waals surface area (Å²) in [6, 6.07) is 72.4. The van der Waals surface area contributed by atoms with E-state index < -0.39 is 0 Å². The normalized spacial score (nSPS) is 13.9. The molecular weight excluding hydrogens is 663 g/mol. The van der Waals surface area contributed by atoms with Gasteiger partial charge in [0.2, 0.25) is 0 Å². The van der Waals surface area contributed by atoms with Crippen LogP contribution in [0.1, 0.15) is 33.7 Å². The van der Waals surface area contributed by atoms with E-state index in [0.717, 1.165) is 6.42 Å². The molecule has 0 spiro atoms. The maximum absolute atomic E-state index is 2.47. The molecule has 1 unspecified atom stereocenters. The molecule has 55 heavy (non-hydrogen) atoms. The summed E-state index contributed by atoms with van der Waals surface area (Å²) in [5.74, 6) is 0.192. The van der Waals surface area contributed by atoms with Crippen LogP contribution in [-0.4, -0.2) is 4.57 Å². The summed E-state index contributed by atoms with van der Waals surface area (Å²) in [7, 11) is 0. The third kappa shape index (κ3) is 4.54. The summed E-state index contributed by atoms with van der Waals surface area (Å²) in [4.78, 5) is 0. The van der Waals surface area contributed by atoms with E-state index in [-0.39, 0.29) is 5.92 Å². The topological polar surface area (TPSA) is 4.93 Å². The molecule has 0 radical (unpaired) electrons. The SMILES string of the molecule is c1ccc(C2c3ccc(-c4ccc5c(c4)c4ccccc4n5-c4cccc5ccccc45)cc3-c3cc(-c4cccc5c4-c4ccccc4C5)ccc32)cc1. The Kier molecular flexibility index (Phi) is 6.53. The number of para-hydroxylation sites is 1. The number of rotatable bonds is 4. The molecule has 2 aliphatic carbocycles. The number of hydrogen-bond donors (Lipinski definition) is 0. The molecule has 1 nitrogen and oxygen atoms in total. The molecule has 256 valence electrons. The third-order valence-corrected chi connectivity index (χ3v) is 12.3. The van der Waals surface area contributed by atoms with Crippen LogP contribution in [0.4, 0.5) is 0 Å². The zero-order valence-corrected chi connectivity index (χ0v) is 30.2. The molecule has 1 aromatic heterocycles. The van der Waals surface area contributed by atoms with Crippen molar-refractivity contribution in [2.45, 2.75) is 12.3 Å². The predicted octanol–water partition coefficient (Wildman–Crippen LogP) is 14.0. The fraction of sp³-hybridized carbons (Fsp3) is 0.0370. The van der Waals surface area contributed by atoms with E-state index in [1.807, 2.05) is 0 Å². The van der Waals surface area contributed by atoms with E-state index in [1.165, 1.54) is 111 Å². The van der Waals surface area contributed by atoms with Crippen molar-refractivity contribution in [1.82, 2.24) is 4.57 Å². The fourth-order valence-corrected chi connectivity index (χ4v) is 9.85. The van der Waals surface area contributed by atoms with Crippen LogP contribution in [0.5, 0.6) is 0 Å². The molecule has 1 heterocycles. The van der Waals surface area contributed by atoms with Gasteiger partial charge in [-0.3, -0.25) is 0 Å². The first-order valence-electron chi connectivity index (χ1n) is 19.3. The molecule has 0 saturated heterocycles. The quantitative estimate of drug-likeness (QED) is 0.173. The standard InChI is InChI=1S/C54H35N/c1-2-13-35(14-3-1)53-45-27-24-36(31-47(45)48-33-39(25-28-46(48)53)43-21-10-17-40-30-38-15-5-7-19-42(38)54(40)43)37-26-29-52-49(32-37)44-20-8-9-22-51(44)55(52)50-23-11-16-34-12-4-6-18-41(34)50/h1-29,31-33,53H,30H2. The molecule has 0 N–H and O–H groups in total. The highest BCUT2D eigenvalue weighted by molar-refractivity contribution is 6.12. The van der Waals surface area contributed by atoms with E-state index in [4.69, 9.17) is 0 Å². The first-order valence-corrected chi connectivity index (χ1v) is 19.3. The lowest BCUT2D eigenvalue weighted by Crippen LogP contribution is -1.99. The van der Waals surface area contributed by atoms with Gasteiger partial charge in [0.15, 0.2) is 0 Å². The number of aromatic nitrogens is 1. The van der Waals surface area contributed by atoms with Crippen molar-refractivity contribution < 1.29 is 0 Å². The number of fused-ring (bicyclic) bond motifs is 10. The average molecular weight is 698 g/mol. The summed E-state index contributed by atoms with van der Waals surface area (Å²) >= 11 is 0. The van der Waals surface area contributed by atoms with Crippen LogP contribution < -0.4 is 0 Å². The summed E-state index contributed by atoms with van der Waals surface area (Å²) in [6.07, 6.45) is 0.998. The Morgan fingerprint density at radius 3 is 1.89 bits per heavy atom. The Bertz CT molecular complexity index is 3170. The molecule has 0 fully saturated rings. The first-order chi connectivity index (χ1) is 27.3. The number of hydrogen-bond acceptors (Lipinski definition) is 0. The highest BCUT2D eigenvalue weighted by Crippen LogP contribution is 2.52. The van der Waals surface area contributed by atoms with Gasteiger partial charge in [0.25, 0.3) is 0 Å². The van der Waals surface area contributed by atoms with Crippen molar-refractivity contribution >= 4 is 32.6 Å². The van der Waals surface area contributed by atoms with Crippen LogP contribution >= 0.6 is 0 Å². The Labute approximate surface area is 320 Å². The van der Waals surface area contributed by atoms with Gasteiger partial charge in [0.05, 0.1) is 16.7 Å². The second-order valence-corrected chi connectivity index (χ2v) is 15.2. The van der Waals surface area contributed by atoms with Crippen molar-refractivity contribution in [2.75, 3.05) is 0 Å². The molecule has 12 rings (SSSR count). The summed E-state index contributed by atoms with van der Waals surface area (Å²) < 4.78 is 2.44. The minimum absolute atomic E-state index is 0.192. The van der Waals surface area contributed by atoms with E-state index >= 15 is 0 Å². The molecular formula is C54H35N. The van der Waals surface area contributed by atoms with Crippen LogP contribution in [0.3, 0.4) is 0 Å². The van der Waals surface area contributed by atoms with Gasteiger partial charge in [-0.1, -0.05) is 158 Å². The molecule has 0 bridgehead atoms. The van der Waals surface area contributed by atoms with E-state index in [2.05, 4.69) is 199 Å². The van der Waals surface area contributed by atoms with Crippen LogP contribution in [-0.2, 0) is 6.42 Å². The van der Waals surface area contributed by atoms with Gasteiger partial charge in [-0.15, -0.1) is 0 Å². The fourth-order valence-electron chi connectivity index (χ4n) is 9.85. The van der Waals surface area contributed by atoms with Crippen molar-refractivity contribution in [2.24, 2.45) is 0 Å². The third-order valence-electron chi connectivity index (χ3n) is 12.3. The Balaban J connectivity index is 1.03. The Morgan fingerprint density at radius 1 is 0.382 bits per heavy atom. The maximum atomic E-state index is 2.47. The number of benzene rings is 9. The van der Waals surface area contributed by atoms with Crippen LogP contribution in [0, 0.1) is 0 Å². The van der Waals surface area contributed by atoms with Gasteiger partial charge < -0.3 is 4.57 Å². The molecule has 2 aliphatic rings. The molecule has 9 aromatic carbocycles. The predicted molar refractivity (Wildman–Crippen MR) is 230 cm³/mol. The average Bonchev–Trinajstić information content (AvgIpc) is 3.91. The van der Waals surface area contributed by atoms with Crippen LogP contribution in [0.15, 0.2) is 194 Å². The molecule has 0 amide bonds. The van der Waals surface area contributed by atoms with Gasteiger partial charge in [-0.2, -0.15) is 0 Å². The monoisotopic (exact) mass is 697 g/mol. The van der Waals surface area contributed by atoms with E-state index in [9.17, 15) is 0 Å². The maximum Gasteiger partial charge on any atom is 0.0541 e. The van der Waals surface area contributed by atoms with Crippen molar-refractivity contribution in [3.8, 4) is 50.2 Å². The zero-order chi connectivity index (χ0) is 36.0. The second-order valence-electron chi connectivity index (χ2n) is 15.2. The van der Waals surface area contributed by atoms with Gasteiger partial charge in [-0.05, 0) is 121 Å². The molecule has 1 atom stereocenters. The Hall–Kier alpha value is -6.96. The smallest absolute Gasteiger partial charge is 0.0541 e. The Morgan fingerprint density at radius 2 is 1.00 bits per heavy atom. The zero-order valence-electron chi connectivity index (χ0n) is 30.2. The molecule has 10 aromatic rings. The lowest BCUT2D eigenvalue weighted by atomic mass is 9.88. The first kappa shape index (κ1) is 30.5. The number of nitrogens with zero attached hydrogens (tertiary/aromatic N) is 1. The largest absolute Gasteiger partial charge is 0.309 e. The van der Waals surface area contributed by atoms with Gasteiger partial charge in [-0.25, -0.2) is 0 Å². The van der Waals surface area contributed by atoms with Crippen LogP contribution in [0.2, 0.25) is 0 Å². The minimum atomic E-state index is 0.192. The molecule has 1 heteroatoms. The van der Waals surface area contributed by atoms with Gasteiger partial charge >= 0.3 is 0 Å². The summed E-state index contributed by atoms with van der Waals surface area (Å²) in [5, 5.41) is 5.04. The minimum Gasteiger partial charge on any atom is -0.309 e. The lowest BCUT2D eigenvalue weighted by molar-refractivity contribution is 1.02. The van der Waals surface area contributed by atoms with Crippen molar-refractivity contribution in [3.63, 3.8) is 0 Å². The second kappa shape index (κ2) is 11.8. The molecule has 0 saturated carbocycles. The van der Waals surface area contributed by atoms with Gasteiger partial charge in [0.1, 0.15) is 0 Å². The van der Waals surface area contributed by atoms with Gasteiger partial charge in [0, 0.05) is 22.1 Å². The van der Waals surface area contributed by atoms with Crippen molar-refractivity contribution in [3.05, 3.63) is 222 Å². The molecule has 0 aliphatic heterocycles. The van der Waals surface area contributed by atoms with Crippen LogP contribution in [0.25, 0.3) is 82.8 Å². The van der Waals surface area contributed by atoms with Crippen molar-refractivity contribution in [1.29, 1.82) is 0 Å². The summed E-state index contributed by atoms with van der Waals surface area (Å²) in [6.45, 7) is 0. The van der Waals surface area contributed by atoms with E-state index in [0.29, 0.717) is 0 Å². The van der Waals surface area contributed by atoms with E-state index in [1.54, 1.807) is 0 Å². The lowest BCUT2D eigenvalue weighted by Gasteiger charge is -2.15.